The van der Waals surface area contributed by atoms with Crippen LogP contribution in [0.2, 0.25) is 0 Å². The van der Waals surface area contributed by atoms with Crippen LogP contribution in [0.15, 0.2) is 23.3 Å². The summed E-state index contributed by atoms with van der Waals surface area (Å²) in [5, 5.41) is 20.2. The van der Waals surface area contributed by atoms with E-state index in [4.69, 9.17) is 16.4 Å². The molecule has 160 valence electrons. The van der Waals surface area contributed by atoms with E-state index in [1.807, 2.05) is 35.4 Å². The van der Waals surface area contributed by atoms with Crippen molar-refractivity contribution >= 4 is 50.5 Å². The fourth-order valence-electron chi connectivity index (χ4n) is 4.04. The van der Waals surface area contributed by atoms with E-state index in [1.54, 1.807) is 12.1 Å². The first-order valence-corrected chi connectivity index (χ1v) is 11.0. The maximum absolute atomic E-state index is 13.2. The third-order valence-electron chi connectivity index (χ3n) is 5.78. The molecule has 0 atom stereocenters. The van der Waals surface area contributed by atoms with Crippen LogP contribution in [0.1, 0.15) is 47.5 Å². The SMILES string of the molecule is Cc1c(C(=O)N(C)C2CCCCC2)sc2nc3ccc(N/N=C(\C#N)C(=N)N)cc3n12. The van der Waals surface area contributed by atoms with Gasteiger partial charge in [-0.2, -0.15) is 10.4 Å². The van der Waals surface area contributed by atoms with E-state index in [9.17, 15) is 4.79 Å². The second-order valence-electron chi connectivity index (χ2n) is 7.76. The molecule has 31 heavy (non-hydrogen) atoms. The zero-order valence-electron chi connectivity index (χ0n) is 17.5. The number of nitrogens with two attached hydrogens (primary N) is 1. The molecule has 0 bridgehead atoms. The Kier molecular flexibility index (Phi) is 5.61. The highest BCUT2D eigenvalue weighted by molar-refractivity contribution is 7.19. The minimum absolute atomic E-state index is 0.0482. The van der Waals surface area contributed by atoms with E-state index in [2.05, 4.69) is 15.5 Å². The lowest BCUT2D eigenvalue weighted by Gasteiger charge is -2.31. The second kappa shape index (κ2) is 8.35. The van der Waals surface area contributed by atoms with Gasteiger partial charge < -0.3 is 10.6 Å². The van der Waals surface area contributed by atoms with Gasteiger partial charge in [-0.05, 0) is 38.0 Å². The maximum atomic E-state index is 13.2. The van der Waals surface area contributed by atoms with Crippen LogP contribution in [-0.2, 0) is 0 Å². The van der Waals surface area contributed by atoms with Crippen LogP contribution in [0.4, 0.5) is 5.69 Å². The molecule has 1 amide bonds. The number of nitrogens with zero attached hydrogens (tertiary/aromatic N) is 5. The smallest absolute Gasteiger partial charge is 0.265 e. The number of amides is 1. The lowest BCUT2D eigenvalue weighted by molar-refractivity contribution is 0.0700. The first-order chi connectivity index (χ1) is 14.9. The van der Waals surface area contributed by atoms with E-state index in [0.29, 0.717) is 16.6 Å². The number of hydrazone groups is 1. The number of carbonyl (C=O) groups excluding carboxylic acids is 1. The Bertz CT molecular complexity index is 1240. The predicted octanol–water partition coefficient (Wildman–Crippen LogP) is 3.49. The van der Waals surface area contributed by atoms with Crippen LogP contribution in [-0.4, -0.2) is 44.8 Å². The second-order valence-corrected chi connectivity index (χ2v) is 8.73. The molecule has 9 nitrogen and oxygen atoms in total. The first kappa shape index (κ1) is 20.8. The van der Waals surface area contributed by atoms with Gasteiger partial charge in [0.2, 0.25) is 5.71 Å². The first-order valence-electron chi connectivity index (χ1n) is 10.2. The number of rotatable bonds is 5. The highest BCUT2D eigenvalue weighted by Gasteiger charge is 2.27. The van der Waals surface area contributed by atoms with Crippen LogP contribution >= 0.6 is 11.3 Å². The van der Waals surface area contributed by atoms with Crippen molar-refractivity contribution in [2.75, 3.05) is 12.5 Å². The summed E-state index contributed by atoms with van der Waals surface area (Å²) in [6.45, 7) is 1.94. The standard InChI is InChI=1S/C21H24N8OS/c1-12-18(20(30)28(2)14-6-4-3-5-7-14)31-21-25-15-9-8-13(10-17(15)29(12)21)26-27-16(11-22)19(23)24/h8-10,14,26H,3-7H2,1-2H3,(H3,23,24)/b27-16+. The van der Waals surface area contributed by atoms with Crippen molar-refractivity contribution in [2.24, 2.45) is 10.8 Å². The van der Waals surface area contributed by atoms with Gasteiger partial charge in [0.25, 0.3) is 5.91 Å². The highest BCUT2D eigenvalue weighted by atomic mass is 32.1. The average Bonchev–Trinajstić information content (AvgIpc) is 3.29. The Hall–Kier alpha value is -3.45. The zero-order chi connectivity index (χ0) is 22.1. The van der Waals surface area contributed by atoms with Gasteiger partial charge in [-0.3, -0.25) is 20.0 Å². The van der Waals surface area contributed by atoms with Crippen LogP contribution < -0.4 is 11.2 Å². The Balaban J connectivity index is 1.68. The molecule has 0 unspecified atom stereocenters. The lowest BCUT2D eigenvalue weighted by atomic mass is 9.94. The normalized spacial score (nSPS) is 15.2. The third kappa shape index (κ3) is 3.84. The third-order valence-corrected chi connectivity index (χ3v) is 6.91. The molecule has 1 saturated carbocycles. The summed E-state index contributed by atoms with van der Waals surface area (Å²) in [5.41, 5.74) is 11.0. The molecule has 1 aromatic carbocycles. The Labute approximate surface area is 183 Å². The van der Waals surface area contributed by atoms with Gasteiger partial charge in [0.1, 0.15) is 10.9 Å². The predicted molar refractivity (Wildman–Crippen MR) is 123 cm³/mol. The number of aromatic nitrogens is 2. The Morgan fingerprint density at radius 2 is 2.16 bits per heavy atom. The van der Waals surface area contributed by atoms with Gasteiger partial charge in [-0.25, -0.2) is 4.98 Å². The molecule has 0 aliphatic heterocycles. The average molecular weight is 437 g/mol. The molecular weight excluding hydrogens is 412 g/mol. The molecule has 10 heteroatoms. The number of hydrogen-bond donors (Lipinski definition) is 3. The van der Waals surface area contributed by atoms with Crippen molar-refractivity contribution in [3.05, 3.63) is 28.8 Å². The van der Waals surface area contributed by atoms with Gasteiger partial charge in [0.05, 0.1) is 16.7 Å². The number of hydrogen-bond acceptors (Lipinski definition) is 7. The number of carbonyl (C=O) groups is 1. The summed E-state index contributed by atoms with van der Waals surface area (Å²) in [6, 6.07) is 7.57. The fourth-order valence-corrected chi connectivity index (χ4v) is 5.16. The fraction of sp³-hybridized carbons (Fsp3) is 0.381. The molecule has 0 saturated heterocycles. The van der Waals surface area contributed by atoms with Crippen LogP contribution in [0.3, 0.4) is 0 Å². The number of thiazole rings is 1. The molecule has 0 spiro atoms. The van der Waals surface area contributed by atoms with Gasteiger partial charge in [0.15, 0.2) is 10.8 Å². The van der Waals surface area contributed by atoms with Gasteiger partial charge in [0, 0.05) is 18.8 Å². The number of nitriles is 1. The van der Waals surface area contributed by atoms with Crippen LogP contribution in [0, 0.1) is 23.7 Å². The number of imidazole rings is 1. The van der Waals surface area contributed by atoms with Crippen LogP contribution in [0.25, 0.3) is 16.0 Å². The molecule has 1 aliphatic rings. The van der Waals surface area contributed by atoms with Crippen LogP contribution in [0.5, 0.6) is 0 Å². The minimum atomic E-state index is -0.401. The molecule has 4 rings (SSSR count). The van der Waals surface area contributed by atoms with E-state index < -0.39 is 5.84 Å². The monoisotopic (exact) mass is 436 g/mol. The molecular formula is C21H24N8OS. The summed E-state index contributed by atoms with van der Waals surface area (Å²) in [7, 11) is 1.90. The van der Waals surface area contributed by atoms with Gasteiger partial charge in [-0.15, -0.1) is 0 Å². The molecule has 2 heterocycles. The number of amidine groups is 1. The van der Waals surface area contributed by atoms with E-state index in [-0.39, 0.29) is 11.6 Å². The number of nitrogens with one attached hydrogen (secondary N) is 2. The molecule has 2 aromatic heterocycles. The van der Waals surface area contributed by atoms with E-state index in [1.165, 1.54) is 30.6 Å². The van der Waals surface area contributed by atoms with Crippen molar-refractivity contribution in [1.82, 2.24) is 14.3 Å². The molecule has 1 aliphatic carbocycles. The highest BCUT2D eigenvalue weighted by Crippen LogP contribution is 2.31. The van der Waals surface area contributed by atoms with E-state index >= 15 is 0 Å². The topological polar surface area (TPSA) is 136 Å². The number of fused-ring (bicyclic) bond motifs is 3. The molecule has 1 fully saturated rings. The summed E-state index contributed by atoms with van der Waals surface area (Å²) >= 11 is 1.41. The quantitative estimate of drug-likeness (QED) is 0.319. The number of anilines is 1. The summed E-state index contributed by atoms with van der Waals surface area (Å²) < 4.78 is 1.98. The Morgan fingerprint density at radius 3 is 2.84 bits per heavy atom. The summed E-state index contributed by atoms with van der Waals surface area (Å²) in [6.07, 6.45) is 5.73. The van der Waals surface area contributed by atoms with Crippen molar-refractivity contribution in [3.8, 4) is 6.07 Å². The van der Waals surface area contributed by atoms with Crippen molar-refractivity contribution in [2.45, 2.75) is 45.1 Å². The minimum Gasteiger partial charge on any atom is -0.382 e. The molecule has 3 aromatic rings. The summed E-state index contributed by atoms with van der Waals surface area (Å²) in [4.78, 5) is 21.2. The molecule has 0 radical (unpaired) electrons. The summed E-state index contributed by atoms with van der Waals surface area (Å²) in [5.74, 6) is -0.353. The Morgan fingerprint density at radius 1 is 1.42 bits per heavy atom. The molecule has 4 N–H and O–H groups in total. The lowest BCUT2D eigenvalue weighted by Crippen LogP contribution is -2.38. The van der Waals surface area contributed by atoms with E-state index in [0.717, 1.165) is 34.5 Å². The van der Waals surface area contributed by atoms with Crippen molar-refractivity contribution in [3.63, 3.8) is 0 Å². The number of benzene rings is 1. The van der Waals surface area contributed by atoms with Crippen molar-refractivity contribution in [1.29, 1.82) is 10.7 Å². The maximum Gasteiger partial charge on any atom is 0.265 e. The number of aryl methyl sites for hydroxylation is 1. The van der Waals surface area contributed by atoms with Crippen molar-refractivity contribution < 1.29 is 4.79 Å². The zero-order valence-corrected chi connectivity index (χ0v) is 18.3. The van der Waals surface area contributed by atoms with Gasteiger partial charge in [-0.1, -0.05) is 30.6 Å². The largest absolute Gasteiger partial charge is 0.382 e. The van der Waals surface area contributed by atoms with Gasteiger partial charge >= 0.3 is 0 Å².